The molecule has 0 aliphatic carbocycles. The number of benzene rings is 2. The van der Waals surface area contributed by atoms with Crippen LogP contribution >= 0.6 is 11.6 Å². The second-order valence-corrected chi connectivity index (χ2v) is 7.17. The lowest BCUT2D eigenvalue weighted by Gasteiger charge is -2.25. The van der Waals surface area contributed by atoms with Crippen LogP contribution in [0.25, 0.3) is 0 Å². The SMILES string of the molecule is CCC1(c2ccc(Cl)cc2)NC(=O)N(CC(=O)Nc2cc(OC)cc(OC)c2)C1=O. The van der Waals surface area contributed by atoms with Crippen molar-refractivity contribution in [3.05, 3.63) is 53.1 Å². The Kier molecular flexibility index (Phi) is 6.17. The molecule has 30 heavy (non-hydrogen) atoms. The molecule has 1 aliphatic heterocycles. The molecular weight excluding hydrogens is 410 g/mol. The molecule has 0 spiro atoms. The number of methoxy groups -OCH3 is 2. The zero-order valence-corrected chi connectivity index (χ0v) is 17.6. The average molecular weight is 432 g/mol. The Balaban J connectivity index is 1.78. The van der Waals surface area contributed by atoms with Crippen LogP contribution in [0.4, 0.5) is 10.5 Å². The molecule has 1 fully saturated rings. The fourth-order valence-corrected chi connectivity index (χ4v) is 3.49. The lowest BCUT2D eigenvalue weighted by molar-refractivity contribution is -0.134. The van der Waals surface area contributed by atoms with Crippen LogP contribution in [0, 0.1) is 0 Å². The van der Waals surface area contributed by atoms with Gasteiger partial charge in [0.25, 0.3) is 5.91 Å². The minimum Gasteiger partial charge on any atom is -0.497 e. The molecule has 1 aliphatic rings. The summed E-state index contributed by atoms with van der Waals surface area (Å²) in [6.45, 7) is 1.36. The van der Waals surface area contributed by atoms with Gasteiger partial charge in [0.05, 0.1) is 14.2 Å². The number of halogens is 1. The van der Waals surface area contributed by atoms with Crippen molar-refractivity contribution in [1.29, 1.82) is 0 Å². The summed E-state index contributed by atoms with van der Waals surface area (Å²) in [5.41, 5.74) is -0.211. The van der Waals surface area contributed by atoms with Crippen LogP contribution in [0.3, 0.4) is 0 Å². The molecule has 8 nitrogen and oxygen atoms in total. The van der Waals surface area contributed by atoms with Gasteiger partial charge in [-0.25, -0.2) is 4.79 Å². The summed E-state index contributed by atoms with van der Waals surface area (Å²) in [5, 5.41) is 5.91. The summed E-state index contributed by atoms with van der Waals surface area (Å²) >= 11 is 5.94. The number of nitrogens with zero attached hydrogens (tertiary/aromatic N) is 1. The Hall–Kier alpha value is -3.26. The van der Waals surface area contributed by atoms with Gasteiger partial charge in [-0.05, 0) is 24.1 Å². The molecule has 4 amide bonds. The molecule has 0 radical (unpaired) electrons. The molecule has 0 bridgehead atoms. The van der Waals surface area contributed by atoms with Crippen LogP contribution < -0.4 is 20.1 Å². The summed E-state index contributed by atoms with van der Waals surface area (Å²) < 4.78 is 10.4. The topological polar surface area (TPSA) is 97.0 Å². The van der Waals surface area contributed by atoms with Gasteiger partial charge in [0.15, 0.2) is 0 Å². The third kappa shape index (κ3) is 4.04. The quantitative estimate of drug-likeness (QED) is 0.656. The molecule has 2 N–H and O–H groups in total. The van der Waals surface area contributed by atoms with E-state index in [1.165, 1.54) is 14.2 Å². The predicted octanol–water partition coefficient (Wildman–Crippen LogP) is 3.15. The molecule has 3 rings (SSSR count). The lowest BCUT2D eigenvalue weighted by atomic mass is 9.87. The van der Waals surface area contributed by atoms with Crippen LogP contribution in [0.1, 0.15) is 18.9 Å². The number of carbonyl (C=O) groups excluding carboxylic acids is 3. The standard InChI is InChI=1S/C21H22ClN3O5/c1-4-21(13-5-7-14(22)8-6-13)19(27)25(20(28)24-21)12-18(26)23-15-9-16(29-2)11-17(10-15)30-3/h5-11H,4,12H2,1-3H3,(H,23,26)(H,24,28). The van der Waals surface area contributed by atoms with Gasteiger partial charge in [-0.15, -0.1) is 0 Å². The maximum Gasteiger partial charge on any atom is 0.325 e. The number of urea groups is 1. The van der Waals surface area contributed by atoms with E-state index in [9.17, 15) is 14.4 Å². The highest BCUT2D eigenvalue weighted by Crippen LogP contribution is 2.33. The molecule has 1 saturated heterocycles. The van der Waals surface area contributed by atoms with E-state index in [1.54, 1.807) is 49.4 Å². The first-order chi connectivity index (χ1) is 14.3. The Morgan fingerprint density at radius 2 is 1.70 bits per heavy atom. The molecule has 0 saturated carbocycles. The van der Waals surface area contributed by atoms with Gasteiger partial charge < -0.3 is 20.1 Å². The summed E-state index contributed by atoms with van der Waals surface area (Å²) in [6.07, 6.45) is 0.324. The number of amides is 4. The van der Waals surface area contributed by atoms with Gasteiger partial charge in [-0.3, -0.25) is 14.5 Å². The molecule has 1 atom stereocenters. The van der Waals surface area contributed by atoms with Crippen LogP contribution in [0.2, 0.25) is 5.02 Å². The molecule has 9 heteroatoms. The number of hydrogen-bond acceptors (Lipinski definition) is 5. The van der Waals surface area contributed by atoms with E-state index in [2.05, 4.69) is 10.6 Å². The van der Waals surface area contributed by atoms with Crippen LogP contribution in [-0.2, 0) is 15.1 Å². The molecule has 0 aromatic heterocycles. The van der Waals surface area contributed by atoms with E-state index in [1.807, 2.05) is 0 Å². The molecule has 1 heterocycles. The van der Waals surface area contributed by atoms with Gasteiger partial charge in [0.2, 0.25) is 5.91 Å². The zero-order chi connectivity index (χ0) is 21.9. The number of hydrogen-bond donors (Lipinski definition) is 2. The molecule has 2 aromatic rings. The van der Waals surface area contributed by atoms with Gasteiger partial charge in [0.1, 0.15) is 23.6 Å². The van der Waals surface area contributed by atoms with Crippen molar-refractivity contribution in [3.8, 4) is 11.5 Å². The number of rotatable bonds is 7. The first kappa shape index (κ1) is 21.4. The Morgan fingerprint density at radius 3 is 2.23 bits per heavy atom. The normalized spacial score (nSPS) is 18.2. The fraction of sp³-hybridized carbons (Fsp3) is 0.286. The van der Waals surface area contributed by atoms with E-state index in [-0.39, 0.29) is 0 Å². The highest BCUT2D eigenvalue weighted by atomic mass is 35.5. The summed E-state index contributed by atoms with van der Waals surface area (Å²) in [6, 6.07) is 10.9. The second-order valence-electron chi connectivity index (χ2n) is 6.74. The Bertz CT molecular complexity index is 957. The van der Waals surface area contributed by atoms with Crippen molar-refractivity contribution in [2.45, 2.75) is 18.9 Å². The van der Waals surface area contributed by atoms with Crippen molar-refractivity contribution < 1.29 is 23.9 Å². The molecule has 158 valence electrons. The average Bonchev–Trinajstić information content (AvgIpc) is 2.98. The van der Waals surface area contributed by atoms with Crippen LogP contribution in [-0.4, -0.2) is 43.5 Å². The van der Waals surface area contributed by atoms with Crippen LogP contribution in [0.5, 0.6) is 11.5 Å². The van der Waals surface area contributed by atoms with E-state index in [0.717, 1.165) is 4.90 Å². The highest BCUT2D eigenvalue weighted by molar-refractivity contribution is 6.30. The zero-order valence-electron chi connectivity index (χ0n) is 16.8. The molecular formula is C21H22ClN3O5. The number of nitrogens with one attached hydrogen (secondary N) is 2. The maximum absolute atomic E-state index is 13.1. The molecule has 2 aromatic carbocycles. The minimum atomic E-state index is -1.23. The first-order valence-electron chi connectivity index (χ1n) is 9.26. The number of imide groups is 1. The van der Waals surface area contributed by atoms with Gasteiger partial charge >= 0.3 is 6.03 Å². The monoisotopic (exact) mass is 431 g/mol. The van der Waals surface area contributed by atoms with Gasteiger partial charge in [0, 0.05) is 28.9 Å². The van der Waals surface area contributed by atoms with Crippen molar-refractivity contribution in [3.63, 3.8) is 0 Å². The largest absolute Gasteiger partial charge is 0.497 e. The highest BCUT2D eigenvalue weighted by Gasteiger charge is 2.51. The predicted molar refractivity (Wildman–Crippen MR) is 112 cm³/mol. The second kappa shape index (κ2) is 8.62. The van der Waals surface area contributed by atoms with Crippen molar-refractivity contribution in [2.24, 2.45) is 0 Å². The number of ether oxygens (including phenoxy) is 2. The minimum absolute atomic E-state index is 0.324. The lowest BCUT2D eigenvalue weighted by Crippen LogP contribution is -2.44. The molecule has 1 unspecified atom stereocenters. The first-order valence-corrected chi connectivity index (χ1v) is 9.64. The van der Waals surface area contributed by atoms with Gasteiger partial charge in [-0.1, -0.05) is 30.7 Å². The third-order valence-corrected chi connectivity index (χ3v) is 5.23. The maximum atomic E-state index is 13.1. The summed E-state index contributed by atoms with van der Waals surface area (Å²) in [5.74, 6) is -0.0349. The van der Waals surface area contributed by atoms with Crippen LogP contribution in [0.15, 0.2) is 42.5 Å². The van der Waals surface area contributed by atoms with Crippen molar-refractivity contribution in [2.75, 3.05) is 26.1 Å². The summed E-state index contributed by atoms with van der Waals surface area (Å²) in [7, 11) is 2.99. The Morgan fingerprint density at radius 1 is 1.10 bits per heavy atom. The number of carbonyl (C=O) groups is 3. The van der Waals surface area contributed by atoms with Crippen molar-refractivity contribution >= 4 is 35.1 Å². The van der Waals surface area contributed by atoms with Crippen molar-refractivity contribution in [1.82, 2.24) is 10.2 Å². The van der Waals surface area contributed by atoms with Gasteiger partial charge in [-0.2, -0.15) is 0 Å². The van der Waals surface area contributed by atoms with E-state index in [0.29, 0.717) is 34.2 Å². The number of anilines is 1. The smallest absolute Gasteiger partial charge is 0.325 e. The Labute approximate surface area is 179 Å². The van der Waals surface area contributed by atoms with E-state index < -0.39 is 29.9 Å². The third-order valence-electron chi connectivity index (χ3n) is 4.98. The van der Waals surface area contributed by atoms with E-state index >= 15 is 0 Å². The van der Waals surface area contributed by atoms with E-state index in [4.69, 9.17) is 21.1 Å². The fourth-order valence-electron chi connectivity index (χ4n) is 3.37. The summed E-state index contributed by atoms with van der Waals surface area (Å²) in [4.78, 5) is 39.1.